The van der Waals surface area contributed by atoms with E-state index in [-0.39, 0.29) is 24.6 Å². The van der Waals surface area contributed by atoms with Crippen molar-refractivity contribution in [3.8, 4) is 0 Å². The molecular formula is C12H14F3NO2. The first-order chi connectivity index (χ1) is 8.34. The van der Waals surface area contributed by atoms with Crippen LogP contribution in [0.25, 0.3) is 0 Å². The quantitative estimate of drug-likeness (QED) is 0.871. The maximum Gasteiger partial charge on any atom is 0.416 e. The predicted molar refractivity (Wildman–Crippen MR) is 60.0 cm³/mol. The summed E-state index contributed by atoms with van der Waals surface area (Å²) in [5, 5.41) is 11.3. The van der Waals surface area contributed by atoms with Crippen LogP contribution in [0.5, 0.6) is 0 Å². The number of carbonyl (C=O) groups is 1. The zero-order valence-corrected chi connectivity index (χ0v) is 9.79. The second-order valence-corrected chi connectivity index (χ2v) is 4.07. The van der Waals surface area contributed by atoms with Gasteiger partial charge in [0.15, 0.2) is 0 Å². The Morgan fingerprint density at radius 3 is 2.33 bits per heavy atom. The first-order valence-corrected chi connectivity index (χ1v) is 5.41. The fraction of sp³-hybridized carbons (Fsp3) is 0.417. The Bertz CT molecular complexity index is 401. The number of halogens is 3. The molecule has 1 atom stereocenters. The zero-order chi connectivity index (χ0) is 13.8. The summed E-state index contributed by atoms with van der Waals surface area (Å²) in [7, 11) is 0. The molecule has 0 radical (unpaired) electrons. The highest BCUT2D eigenvalue weighted by Gasteiger charge is 2.30. The number of carbonyl (C=O) groups excluding carboxylic acids is 1. The Morgan fingerprint density at radius 1 is 1.33 bits per heavy atom. The second kappa shape index (κ2) is 5.86. The highest BCUT2D eigenvalue weighted by Crippen LogP contribution is 2.28. The predicted octanol–water partition coefficient (Wildman–Crippen LogP) is 2.06. The van der Waals surface area contributed by atoms with Crippen LogP contribution in [-0.4, -0.2) is 24.2 Å². The lowest BCUT2D eigenvalue weighted by atomic mass is 10.1. The van der Waals surface area contributed by atoms with Gasteiger partial charge in [0.1, 0.15) is 0 Å². The van der Waals surface area contributed by atoms with Crippen molar-refractivity contribution in [2.75, 3.05) is 13.2 Å². The van der Waals surface area contributed by atoms with Crippen molar-refractivity contribution in [3.05, 3.63) is 35.4 Å². The third kappa shape index (κ3) is 4.03. The van der Waals surface area contributed by atoms with Crippen molar-refractivity contribution in [1.82, 2.24) is 5.32 Å². The van der Waals surface area contributed by atoms with E-state index in [0.717, 1.165) is 24.3 Å². The van der Waals surface area contributed by atoms with Crippen LogP contribution >= 0.6 is 0 Å². The van der Waals surface area contributed by atoms with Gasteiger partial charge in [-0.3, -0.25) is 4.79 Å². The minimum absolute atomic E-state index is 0.0622. The lowest BCUT2D eigenvalue weighted by Crippen LogP contribution is -2.29. The van der Waals surface area contributed by atoms with Gasteiger partial charge in [0, 0.05) is 18.7 Å². The molecule has 0 aliphatic carbocycles. The van der Waals surface area contributed by atoms with Crippen LogP contribution in [0.3, 0.4) is 0 Å². The third-order valence-corrected chi connectivity index (χ3v) is 2.40. The molecule has 1 rings (SSSR count). The Balaban J connectivity index is 2.65. The minimum atomic E-state index is -4.40. The van der Waals surface area contributed by atoms with Gasteiger partial charge in [-0.2, -0.15) is 13.2 Å². The molecule has 1 aromatic carbocycles. The van der Waals surface area contributed by atoms with E-state index in [4.69, 9.17) is 5.11 Å². The highest BCUT2D eigenvalue weighted by molar-refractivity contribution is 5.94. The maximum absolute atomic E-state index is 12.3. The maximum atomic E-state index is 12.3. The molecule has 2 N–H and O–H groups in total. The van der Waals surface area contributed by atoms with Crippen LogP contribution in [-0.2, 0) is 6.18 Å². The summed E-state index contributed by atoms with van der Waals surface area (Å²) in [5.41, 5.74) is -0.629. The van der Waals surface area contributed by atoms with Crippen molar-refractivity contribution < 1.29 is 23.1 Å². The molecule has 0 aliphatic heterocycles. The summed E-state index contributed by atoms with van der Waals surface area (Å²) in [5.74, 6) is -0.549. The molecule has 0 spiro atoms. The number of aliphatic hydroxyl groups is 1. The molecule has 0 fully saturated rings. The van der Waals surface area contributed by atoms with Crippen LogP contribution in [0.4, 0.5) is 13.2 Å². The Morgan fingerprint density at radius 2 is 1.89 bits per heavy atom. The van der Waals surface area contributed by atoms with E-state index >= 15 is 0 Å². The Labute approximate surface area is 103 Å². The lowest BCUT2D eigenvalue weighted by molar-refractivity contribution is -0.137. The van der Waals surface area contributed by atoms with Gasteiger partial charge in [-0.25, -0.2) is 0 Å². The van der Waals surface area contributed by atoms with E-state index in [0.29, 0.717) is 0 Å². The molecule has 0 aliphatic rings. The number of nitrogens with one attached hydrogen (secondary N) is 1. The molecule has 3 nitrogen and oxygen atoms in total. The number of alkyl halides is 3. The van der Waals surface area contributed by atoms with Crippen LogP contribution in [0.1, 0.15) is 22.8 Å². The summed E-state index contributed by atoms with van der Waals surface area (Å²) >= 11 is 0. The topological polar surface area (TPSA) is 49.3 Å². The number of aliphatic hydroxyl groups excluding tert-OH is 1. The second-order valence-electron chi connectivity index (χ2n) is 4.07. The standard InChI is InChI=1S/C12H14F3NO2/c1-8(7-17)6-16-11(18)9-2-4-10(5-3-9)12(13,14)15/h2-5,8,17H,6-7H2,1H3,(H,16,18). The first-order valence-electron chi connectivity index (χ1n) is 5.41. The molecule has 1 aromatic rings. The van der Waals surface area contributed by atoms with Crippen LogP contribution < -0.4 is 5.32 Å². The van der Waals surface area contributed by atoms with Crippen molar-refractivity contribution >= 4 is 5.91 Å². The summed E-state index contributed by atoms with van der Waals surface area (Å²) in [4.78, 5) is 11.6. The van der Waals surface area contributed by atoms with E-state index in [1.807, 2.05) is 0 Å². The SMILES string of the molecule is CC(CO)CNC(=O)c1ccc(C(F)(F)F)cc1. The molecular weight excluding hydrogens is 247 g/mol. The summed E-state index contributed by atoms with van der Waals surface area (Å²) in [6.07, 6.45) is -4.40. The van der Waals surface area contributed by atoms with Gasteiger partial charge in [-0.1, -0.05) is 6.92 Å². The summed E-state index contributed by atoms with van der Waals surface area (Å²) in [6, 6.07) is 3.98. The summed E-state index contributed by atoms with van der Waals surface area (Å²) < 4.78 is 36.9. The third-order valence-electron chi connectivity index (χ3n) is 2.40. The van der Waals surface area contributed by atoms with Crippen molar-refractivity contribution in [2.45, 2.75) is 13.1 Å². The molecule has 0 bridgehead atoms. The van der Waals surface area contributed by atoms with E-state index in [1.54, 1.807) is 6.92 Å². The van der Waals surface area contributed by atoms with Gasteiger partial charge in [0.2, 0.25) is 0 Å². The van der Waals surface area contributed by atoms with Gasteiger partial charge in [-0.15, -0.1) is 0 Å². The summed E-state index contributed by atoms with van der Waals surface area (Å²) in [6.45, 7) is 1.96. The molecule has 18 heavy (non-hydrogen) atoms. The molecule has 1 amide bonds. The molecule has 0 heterocycles. The average Bonchev–Trinajstić information content (AvgIpc) is 2.34. The van der Waals surface area contributed by atoms with Gasteiger partial charge in [0.05, 0.1) is 5.56 Å². The Kier molecular flexibility index (Phi) is 4.72. The van der Waals surface area contributed by atoms with Crippen molar-refractivity contribution in [2.24, 2.45) is 5.92 Å². The van der Waals surface area contributed by atoms with Gasteiger partial charge in [-0.05, 0) is 30.2 Å². The highest BCUT2D eigenvalue weighted by atomic mass is 19.4. The zero-order valence-electron chi connectivity index (χ0n) is 9.79. The normalized spacial score (nSPS) is 13.2. The fourth-order valence-electron chi connectivity index (χ4n) is 1.24. The molecule has 0 aromatic heterocycles. The number of hydrogen-bond donors (Lipinski definition) is 2. The average molecular weight is 261 g/mol. The molecule has 100 valence electrons. The van der Waals surface area contributed by atoms with Crippen LogP contribution in [0.2, 0.25) is 0 Å². The number of rotatable bonds is 4. The van der Waals surface area contributed by atoms with Crippen molar-refractivity contribution in [3.63, 3.8) is 0 Å². The fourth-order valence-corrected chi connectivity index (χ4v) is 1.24. The molecule has 0 saturated heterocycles. The first kappa shape index (κ1) is 14.5. The van der Waals surface area contributed by atoms with Gasteiger partial charge >= 0.3 is 6.18 Å². The molecule has 0 saturated carbocycles. The van der Waals surface area contributed by atoms with Gasteiger partial charge < -0.3 is 10.4 Å². The number of benzene rings is 1. The van der Waals surface area contributed by atoms with E-state index in [9.17, 15) is 18.0 Å². The van der Waals surface area contributed by atoms with Gasteiger partial charge in [0.25, 0.3) is 5.91 Å². The molecule has 1 unspecified atom stereocenters. The van der Waals surface area contributed by atoms with Crippen LogP contribution in [0.15, 0.2) is 24.3 Å². The lowest BCUT2D eigenvalue weighted by Gasteiger charge is -2.10. The van der Waals surface area contributed by atoms with Crippen molar-refractivity contribution in [1.29, 1.82) is 0 Å². The smallest absolute Gasteiger partial charge is 0.396 e. The van der Waals surface area contributed by atoms with E-state index in [1.165, 1.54) is 0 Å². The largest absolute Gasteiger partial charge is 0.416 e. The van der Waals surface area contributed by atoms with Crippen LogP contribution in [0, 0.1) is 5.92 Å². The minimum Gasteiger partial charge on any atom is -0.396 e. The monoisotopic (exact) mass is 261 g/mol. The Hall–Kier alpha value is -1.56. The number of hydrogen-bond acceptors (Lipinski definition) is 2. The van der Waals surface area contributed by atoms with E-state index < -0.39 is 17.6 Å². The molecule has 6 heteroatoms. The van der Waals surface area contributed by atoms with E-state index in [2.05, 4.69) is 5.32 Å². The number of amides is 1.